The molecule has 0 aromatic heterocycles. The van der Waals surface area contributed by atoms with E-state index in [9.17, 15) is 0 Å². The van der Waals surface area contributed by atoms with Crippen LogP contribution >= 0.6 is 15.9 Å². The predicted octanol–water partition coefficient (Wildman–Crippen LogP) is 12.8. The van der Waals surface area contributed by atoms with E-state index in [0.717, 1.165) is 32.9 Å². The average Bonchev–Trinajstić information content (AvgIpc) is 3.53. The van der Waals surface area contributed by atoms with Crippen molar-refractivity contribution in [1.29, 1.82) is 0 Å². The van der Waals surface area contributed by atoms with Crippen LogP contribution in [0.1, 0.15) is 125 Å². The molecular weight excluding hydrogens is 705 g/mol. The highest BCUT2D eigenvalue weighted by Crippen LogP contribution is 2.66. The zero-order valence-electron chi connectivity index (χ0n) is 34.4. The second kappa shape index (κ2) is 13.4. The Bertz CT molecular complexity index is 1890. The molecule has 6 rings (SSSR count). The van der Waals surface area contributed by atoms with E-state index in [0.29, 0.717) is 11.5 Å². The lowest BCUT2D eigenvalue weighted by atomic mass is 9.40. The van der Waals surface area contributed by atoms with Gasteiger partial charge in [0.1, 0.15) is 0 Å². The van der Waals surface area contributed by atoms with Crippen molar-refractivity contribution in [1.82, 2.24) is 0 Å². The van der Waals surface area contributed by atoms with E-state index < -0.39 is 5.11 Å². The van der Waals surface area contributed by atoms with E-state index in [1.54, 1.807) is 0 Å². The Labute approximate surface area is 334 Å². The van der Waals surface area contributed by atoms with Crippen LogP contribution in [-0.4, -0.2) is 29.6 Å². The van der Waals surface area contributed by atoms with Gasteiger partial charge in [-0.1, -0.05) is 119 Å². The van der Waals surface area contributed by atoms with Crippen molar-refractivity contribution < 1.29 is 0 Å². The van der Waals surface area contributed by atoms with Crippen molar-refractivity contribution in [3.63, 3.8) is 0 Å². The standard InChI is InChI=1S/C47H58B3BrN2/c1-42(2,3)30-13-18-35(19-14-30)52(36-20-15-31(16-21-36)43(4,5)6)37-25-34(47(48,49)50)26-38(28-37)53(40-22-17-32(27-39(40)51)44(7,8)9)41-45(10,11)33-23-24-46(41,12)29-33/h13-22,25-28,33,41H,23-24,29H2,1-12H3. The second-order valence-electron chi connectivity index (χ2n) is 20.2. The van der Waals surface area contributed by atoms with Gasteiger partial charge in [-0.25, -0.2) is 0 Å². The zero-order chi connectivity index (χ0) is 39.1. The van der Waals surface area contributed by atoms with E-state index in [1.165, 1.54) is 36.0 Å². The van der Waals surface area contributed by atoms with Crippen LogP contribution in [0.3, 0.4) is 0 Å². The topological polar surface area (TPSA) is 6.48 Å². The van der Waals surface area contributed by atoms with E-state index in [4.69, 9.17) is 23.5 Å². The molecule has 2 aliphatic rings. The van der Waals surface area contributed by atoms with Crippen molar-refractivity contribution in [2.24, 2.45) is 16.7 Å². The first-order valence-electron chi connectivity index (χ1n) is 19.4. The van der Waals surface area contributed by atoms with Gasteiger partial charge in [-0.3, -0.25) is 0 Å². The Balaban J connectivity index is 1.63. The van der Waals surface area contributed by atoms with E-state index in [2.05, 4.69) is 194 Å². The fourth-order valence-electron chi connectivity index (χ4n) is 9.30. The van der Waals surface area contributed by atoms with Crippen molar-refractivity contribution >= 4 is 67.9 Å². The molecule has 4 aromatic carbocycles. The predicted molar refractivity (Wildman–Crippen MR) is 235 cm³/mol. The molecule has 4 aromatic rings. The number of hydrogen-bond acceptors (Lipinski definition) is 2. The summed E-state index contributed by atoms with van der Waals surface area (Å²) in [6.07, 6.45) is 3.68. The minimum Gasteiger partial charge on any atom is -0.336 e. The summed E-state index contributed by atoms with van der Waals surface area (Å²) >= 11 is 4.09. The SMILES string of the molecule is [B]C([B])([B])c1cc(N(c2ccc(C(C)(C)C)cc2)c2ccc(C(C)(C)C)cc2)cc(N(c2ccc(C(C)(C)C)cc2Br)C2C3(C)CCC(C3)C2(C)C)c1. The molecule has 0 heterocycles. The van der Waals surface area contributed by atoms with Gasteiger partial charge in [0, 0.05) is 33.3 Å². The molecule has 2 fully saturated rings. The van der Waals surface area contributed by atoms with Crippen molar-refractivity contribution in [3.8, 4) is 0 Å². The quantitative estimate of drug-likeness (QED) is 0.173. The normalized spacial score (nSPS) is 21.5. The molecule has 0 amide bonds. The smallest absolute Gasteiger partial charge is 0.0563 e. The largest absolute Gasteiger partial charge is 0.336 e. The van der Waals surface area contributed by atoms with Gasteiger partial charge in [-0.2, -0.15) is 0 Å². The molecule has 53 heavy (non-hydrogen) atoms. The van der Waals surface area contributed by atoms with Crippen LogP contribution in [0.2, 0.25) is 0 Å². The maximum atomic E-state index is 6.65. The number of nitrogens with zero attached hydrogens (tertiary/aromatic N) is 2. The summed E-state index contributed by atoms with van der Waals surface area (Å²) in [7, 11) is 19.9. The number of hydrogen-bond donors (Lipinski definition) is 0. The highest BCUT2D eigenvalue weighted by Gasteiger charge is 2.61. The molecular formula is C47H58B3BrN2. The monoisotopic (exact) mass is 762 g/mol. The molecule has 2 aliphatic carbocycles. The number of fused-ring (bicyclic) bond motifs is 2. The van der Waals surface area contributed by atoms with Gasteiger partial charge < -0.3 is 9.80 Å². The molecule has 2 saturated carbocycles. The molecule has 0 saturated heterocycles. The van der Waals surface area contributed by atoms with Gasteiger partial charge in [0.15, 0.2) is 0 Å². The Kier molecular flexibility index (Phi) is 10.1. The zero-order valence-corrected chi connectivity index (χ0v) is 35.9. The van der Waals surface area contributed by atoms with Crippen LogP contribution in [0.25, 0.3) is 0 Å². The number of rotatable bonds is 7. The molecule has 6 heteroatoms. The van der Waals surface area contributed by atoms with Gasteiger partial charge in [-0.15, -0.1) is 5.11 Å². The van der Waals surface area contributed by atoms with Crippen molar-refractivity contribution in [2.45, 2.75) is 130 Å². The first-order chi connectivity index (χ1) is 24.3. The molecule has 3 atom stereocenters. The molecule has 6 radical (unpaired) electrons. The summed E-state index contributed by atoms with van der Waals surface area (Å²) in [6, 6.07) is 31.5. The summed E-state index contributed by atoms with van der Waals surface area (Å²) in [6.45, 7) is 27.8. The molecule has 272 valence electrons. The lowest BCUT2D eigenvalue weighted by Gasteiger charge is -2.50. The summed E-state index contributed by atoms with van der Waals surface area (Å²) in [5, 5.41) is -1.56. The Morgan fingerprint density at radius 3 is 1.47 bits per heavy atom. The van der Waals surface area contributed by atoms with Crippen LogP contribution in [-0.2, 0) is 21.4 Å². The highest BCUT2D eigenvalue weighted by molar-refractivity contribution is 9.10. The molecule has 3 unspecified atom stereocenters. The van der Waals surface area contributed by atoms with Crippen LogP contribution in [0, 0.1) is 16.7 Å². The van der Waals surface area contributed by atoms with Gasteiger partial charge in [-0.05, 0) is 139 Å². The molecule has 2 nitrogen and oxygen atoms in total. The molecule has 2 bridgehead atoms. The van der Waals surface area contributed by atoms with Gasteiger partial charge in [0.05, 0.1) is 29.2 Å². The third-order valence-corrected chi connectivity index (χ3v) is 13.1. The van der Waals surface area contributed by atoms with Gasteiger partial charge in [0.2, 0.25) is 0 Å². The minimum absolute atomic E-state index is 0.0144. The summed E-state index contributed by atoms with van der Waals surface area (Å²) in [4.78, 5) is 4.92. The van der Waals surface area contributed by atoms with Crippen LogP contribution in [0.4, 0.5) is 28.4 Å². The first-order valence-corrected chi connectivity index (χ1v) is 20.2. The van der Waals surface area contributed by atoms with Gasteiger partial charge >= 0.3 is 0 Å². The maximum Gasteiger partial charge on any atom is 0.0563 e. The third kappa shape index (κ3) is 7.70. The third-order valence-electron chi connectivity index (χ3n) is 12.4. The summed E-state index contributed by atoms with van der Waals surface area (Å²) in [5.74, 6) is 0.645. The Morgan fingerprint density at radius 2 is 1.06 bits per heavy atom. The average molecular weight is 763 g/mol. The second-order valence-corrected chi connectivity index (χ2v) is 21.1. The lowest BCUT2D eigenvalue weighted by molar-refractivity contribution is 0.140. The van der Waals surface area contributed by atoms with E-state index >= 15 is 0 Å². The highest BCUT2D eigenvalue weighted by atomic mass is 79.9. The molecule has 0 aliphatic heterocycles. The van der Waals surface area contributed by atoms with E-state index in [1.807, 2.05) is 0 Å². The fourth-order valence-corrected chi connectivity index (χ4v) is 9.87. The van der Waals surface area contributed by atoms with Gasteiger partial charge in [0.25, 0.3) is 0 Å². The Morgan fingerprint density at radius 1 is 0.585 bits per heavy atom. The fraction of sp³-hybridized carbons (Fsp3) is 0.489. The number of anilines is 5. The van der Waals surface area contributed by atoms with Crippen LogP contribution < -0.4 is 9.80 Å². The van der Waals surface area contributed by atoms with E-state index in [-0.39, 0.29) is 33.1 Å². The van der Waals surface area contributed by atoms with Crippen molar-refractivity contribution in [3.05, 3.63) is 112 Å². The van der Waals surface area contributed by atoms with Crippen molar-refractivity contribution in [2.75, 3.05) is 9.80 Å². The summed E-state index contributed by atoms with van der Waals surface area (Å²) < 4.78 is 1.07. The van der Waals surface area contributed by atoms with Crippen LogP contribution in [0.5, 0.6) is 0 Å². The number of halogens is 1. The first kappa shape index (κ1) is 39.8. The number of benzene rings is 4. The molecule has 0 spiro atoms. The minimum atomic E-state index is -1.56. The lowest BCUT2D eigenvalue weighted by Crippen LogP contribution is -2.51. The summed E-state index contributed by atoms with van der Waals surface area (Å²) in [5.41, 5.74) is 10.0. The molecule has 0 N–H and O–H groups in total. The maximum absolute atomic E-state index is 6.65. The Hall–Kier alpha value is -2.85. The van der Waals surface area contributed by atoms with Crippen LogP contribution in [0.15, 0.2) is 89.4 Å².